The monoisotopic (exact) mass is 211 g/mol. The van der Waals surface area contributed by atoms with Crippen molar-refractivity contribution in [1.82, 2.24) is 14.8 Å². The third-order valence-corrected chi connectivity index (χ3v) is 2.78. The van der Waals surface area contributed by atoms with Crippen LogP contribution in [0.25, 0.3) is 21.8 Å². The molecule has 0 spiro atoms. The van der Waals surface area contributed by atoms with Gasteiger partial charge in [-0.05, 0) is 12.1 Å². The van der Waals surface area contributed by atoms with Gasteiger partial charge in [-0.1, -0.05) is 18.2 Å². The average Bonchev–Trinajstić information content (AvgIpc) is 2.36. The highest BCUT2D eigenvalue weighted by Gasteiger charge is 2.08. The summed E-state index contributed by atoms with van der Waals surface area (Å²) < 4.78 is 1.64. The third kappa shape index (κ3) is 1.07. The summed E-state index contributed by atoms with van der Waals surface area (Å²) in [5, 5.41) is 9.44. The summed E-state index contributed by atoms with van der Waals surface area (Å²) in [6.07, 6.45) is 1.54. The van der Waals surface area contributed by atoms with Crippen LogP contribution in [0.4, 0.5) is 0 Å². The number of para-hydroxylation sites is 1. The van der Waals surface area contributed by atoms with Gasteiger partial charge >= 0.3 is 0 Å². The predicted molar refractivity (Wildman–Crippen MR) is 62.3 cm³/mol. The van der Waals surface area contributed by atoms with Gasteiger partial charge in [0, 0.05) is 12.4 Å². The van der Waals surface area contributed by atoms with Crippen LogP contribution in [0.2, 0.25) is 0 Å². The fourth-order valence-electron chi connectivity index (χ4n) is 1.96. The number of rotatable bonds is 0. The molecule has 0 fully saturated rings. The maximum absolute atomic E-state index is 12.0. The standard InChI is InChI=1S/C12H9N3O/c1-15-10-5-3-2-4-8(10)11-9(12(15)16)6-7-13-14-11/h2-7H,1H3. The lowest BCUT2D eigenvalue weighted by atomic mass is 10.1. The second-order valence-electron chi connectivity index (χ2n) is 3.67. The van der Waals surface area contributed by atoms with Gasteiger partial charge in [-0.2, -0.15) is 5.10 Å². The van der Waals surface area contributed by atoms with Crippen molar-refractivity contribution in [3.8, 4) is 0 Å². The molecule has 0 aliphatic heterocycles. The first-order valence-corrected chi connectivity index (χ1v) is 4.98. The first-order chi connectivity index (χ1) is 7.79. The molecule has 4 heteroatoms. The number of hydrogen-bond donors (Lipinski definition) is 0. The number of aryl methyl sites for hydroxylation is 1. The van der Waals surface area contributed by atoms with Crippen LogP contribution in [0.3, 0.4) is 0 Å². The second kappa shape index (κ2) is 3.13. The summed E-state index contributed by atoms with van der Waals surface area (Å²) >= 11 is 0. The zero-order valence-electron chi connectivity index (χ0n) is 8.71. The Morgan fingerprint density at radius 3 is 2.81 bits per heavy atom. The van der Waals surface area contributed by atoms with E-state index >= 15 is 0 Å². The Bertz CT molecular complexity index is 746. The van der Waals surface area contributed by atoms with E-state index in [1.807, 2.05) is 24.3 Å². The molecule has 0 bridgehead atoms. The Kier molecular flexibility index (Phi) is 1.77. The van der Waals surface area contributed by atoms with Crippen molar-refractivity contribution >= 4 is 21.8 Å². The minimum absolute atomic E-state index is 0.0383. The number of benzene rings is 1. The van der Waals surface area contributed by atoms with E-state index in [0.29, 0.717) is 10.9 Å². The van der Waals surface area contributed by atoms with E-state index in [2.05, 4.69) is 10.2 Å². The van der Waals surface area contributed by atoms with Crippen molar-refractivity contribution in [3.63, 3.8) is 0 Å². The Balaban J connectivity index is 2.74. The van der Waals surface area contributed by atoms with Crippen LogP contribution in [-0.4, -0.2) is 14.8 Å². The maximum atomic E-state index is 12.0. The molecule has 0 N–H and O–H groups in total. The van der Waals surface area contributed by atoms with Crippen molar-refractivity contribution in [2.24, 2.45) is 7.05 Å². The quantitative estimate of drug-likeness (QED) is 0.529. The Morgan fingerprint density at radius 1 is 1.12 bits per heavy atom. The topological polar surface area (TPSA) is 47.8 Å². The van der Waals surface area contributed by atoms with Crippen molar-refractivity contribution in [2.75, 3.05) is 0 Å². The second-order valence-corrected chi connectivity index (χ2v) is 3.67. The first-order valence-electron chi connectivity index (χ1n) is 4.98. The molecule has 0 radical (unpaired) electrons. The highest BCUT2D eigenvalue weighted by molar-refractivity contribution is 6.02. The first kappa shape index (κ1) is 9.03. The molecule has 0 atom stereocenters. The van der Waals surface area contributed by atoms with Gasteiger partial charge in [0.25, 0.3) is 5.56 Å². The van der Waals surface area contributed by atoms with Gasteiger partial charge in [0.05, 0.1) is 17.1 Å². The zero-order chi connectivity index (χ0) is 11.1. The SMILES string of the molecule is Cn1c(=O)c2ccnnc2c2ccccc21. The molecule has 0 amide bonds. The smallest absolute Gasteiger partial charge is 0.260 e. The van der Waals surface area contributed by atoms with Crippen molar-refractivity contribution in [3.05, 3.63) is 46.9 Å². The molecule has 4 nitrogen and oxygen atoms in total. The summed E-state index contributed by atoms with van der Waals surface area (Å²) in [6, 6.07) is 9.40. The fraction of sp³-hybridized carbons (Fsp3) is 0.0833. The summed E-state index contributed by atoms with van der Waals surface area (Å²) in [7, 11) is 1.77. The number of hydrogen-bond acceptors (Lipinski definition) is 3. The largest absolute Gasteiger partial charge is 0.311 e. The summed E-state index contributed by atoms with van der Waals surface area (Å²) in [6.45, 7) is 0. The highest BCUT2D eigenvalue weighted by atomic mass is 16.1. The van der Waals surface area contributed by atoms with Crippen LogP contribution < -0.4 is 5.56 Å². The fourth-order valence-corrected chi connectivity index (χ4v) is 1.96. The van der Waals surface area contributed by atoms with Crippen LogP contribution in [0.5, 0.6) is 0 Å². The Hall–Kier alpha value is -2.23. The summed E-state index contributed by atoms with van der Waals surface area (Å²) in [5.41, 5.74) is 1.50. The van der Waals surface area contributed by atoms with Gasteiger partial charge in [0.1, 0.15) is 5.52 Å². The number of fused-ring (bicyclic) bond motifs is 3. The van der Waals surface area contributed by atoms with Gasteiger partial charge in [-0.15, -0.1) is 5.10 Å². The molecule has 16 heavy (non-hydrogen) atoms. The van der Waals surface area contributed by atoms with Crippen molar-refractivity contribution in [1.29, 1.82) is 0 Å². The molecule has 0 aliphatic rings. The molecule has 0 saturated carbocycles. The molecule has 2 aromatic heterocycles. The highest BCUT2D eigenvalue weighted by Crippen LogP contribution is 2.18. The van der Waals surface area contributed by atoms with E-state index in [-0.39, 0.29) is 5.56 Å². The normalized spacial score (nSPS) is 11.1. The lowest BCUT2D eigenvalue weighted by Crippen LogP contribution is -2.17. The van der Waals surface area contributed by atoms with Crippen LogP contribution in [0.15, 0.2) is 41.3 Å². The minimum atomic E-state index is -0.0383. The van der Waals surface area contributed by atoms with Crippen LogP contribution in [0.1, 0.15) is 0 Å². The van der Waals surface area contributed by atoms with Crippen LogP contribution >= 0.6 is 0 Å². The van der Waals surface area contributed by atoms with Crippen LogP contribution in [-0.2, 0) is 7.05 Å². The number of pyridine rings is 1. The zero-order valence-corrected chi connectivity index (χ0v) is 8.71. The number of nitrogens with zero attached hydrogens (tertiary/aromatic N) is 3. The summed E-state index contributed by atoms with van der Waals surface area (Å²) in [5.74, 6) is 0. The molecule has 0 saturated heterocycles. The molecule has 3 aromatic rings. The van der Waals surface area contributed by atoms with Gasteiger partial charge in [-0.25, -0.2) is 0 Å². The molecule has 2 heterocycles. The lowest BCUT2D eigenvalue weighted by molar-refractivity contribution is 0.914. The molecular weight excluding hydrogens is 202 g/mol. The van der Waals surface area contributed by atoms with Crippen molar-refractivity contribution < 1.29 is 0 Å². The van der Waals surface area contributed by atoms with E-state index in [0.717, 1.165) is 10.9 Å². The van der Waals surface area contributed by atoms with Gasteiger partial charge in [-0.3, -0.25) is 4.79 Å². The molecule has 78 valence electrons. The third-order valence-electron chi connectivity index (χ3n) is 2.78. The Labute approximate surface area is 91.2 Å². The van der Waals surface area contributed by atoms with E-state index in [1.165, 1.54) is 0 Å². The molecule has 3 rings (SSSR count). The Morgan fingerprint density at radius 2 is 1.94 bits per heavy atom. The molecule has 0 unspecified atom stereocenters. The van der Waals surface area contributed by atoms with Crippen LogP contribution in [0, 0.1) is 0 Å². The molecular formula is C12H9N3O. The van der Waals surface area contributed by atoms with Crippen molar-refractivity contribution in [2.45, 2.75) is 0 Å². The average molecular weight is 211 g/mol. The molecule has 1 aromatic carbocycles. The predicted octanol–water partition coefficient (Wildman–Crippen LogP) is 1.48. The van der Waals surface area contributed by atoms with E-state index in [9.17, 15) is 4.79 Å². The van der Waals surface area contributed by atoms with Gasteiger partial charge < -0.3 is 4.57 Å². The van der Waals surface area contributed by atoms with E-state index in [1.54, 1.807) is 23.9 Å². The minimum Gasteiger partial charge on any atom is -0.311 e. The van der Waals surface area contributed by atoms with E-state index in [4.69, 9.17) is 0 Å². The molecule has 0 aliphatic carbocycles. The van der Waals surface area contributed by atoms with Gasteiger partial charge in [0.15, 0.2) is 0 Å². The van der Waals surface area contributed by atoms with E-state index < -0.39 is 0 Å². The van der Waals surface area contributed by atoms with Gasteiger partial charge in [0.2, 0.25) is 0 Å². The maximum Gasteiger partial charge on any atom is 0.260 e. The summed E-state index contributed by atoms with van der Waals surface area (Å²) in [4.78, 5) is 12.0. The number of aromatic nitrogens is 3. The lowest BCUT2D eigenvalue weighted by Gasteiger charge is -2.06.